The molecular weight excluding hydrogens is 306 g/mol. The zero-order chi connectivity index (χ0) is 16.1. The average molecular weight is 325 g/mol. The van der Waals surface area contributed by atoms with Crippen LogP contribution in [-0.2, 0) is 17.8 Å². The number of rotatable bonds is 6. The van der Waals surface area contributed by atoms with E-state index in [1.807, 2.05) is 59.8 Å². The summed E-state index contributed by atoms with van der Waals surface area (Å²) in [6, 6.07) is 14.0. The average Bonchev–Trinajstić information content (AvgIpc) is 3.25. The van der Waals surface area contributed by atoms with Crippen molar-refractivity contribution >= 4 is 17.2 Å². The topological polar surface area (TPSA) is 38.1 Å². The van der Waals surface area contributed by atoms with Crippen molar-refractivity contribution in [1.29, 1.82) is 0 Å². The van der Waals surface area contributed by atoms with Crippen molar-refractivity contribution in [3.05, 3.63) is 70.7 Å². The predicted octanol–water partition coefficient (Wildman–Crippen LogP) is 3.53. The molecule has 2 aromatic heterocycles. The van der Waals surface area contributed by atoms with Crippen LogP contribution in [-0.4, -0.2) is 27.1 Å². The van der Waals surface area contributed by atoms with Crippen LogP contribution in [0.2, 0.25) is 0 Å². The van der Waals surface area contributed by atoms with Gasteiger partial charge in [0.15, 0.2) is 0 Å². The standard InChI is InChI=1S/C18H19N3OS/c1-2-20(14-17-9-6-10-23-17)18(22)11-15-12-19-21(13-15)16-7-4-3-5-8-16/h3-10,12-13H,2,11,14H2,1H3. The quantitative estimate of drug-likeness (QED) is 0.695. The van der Waals surface area contributed by atoms with E-state index in [0.717, 1.165) is 11.3 Å². The molecule has 1 amide bonds. The zero-order valence-corrected chi connectivity index (χ0v) is 13.9. The largest absolute Gasteiger partial charge is 0.338 e. The van der Waals surface area contributed by atoms with E-state index in [2.05, 4.69) is 11.2 Å². The summed E-state index contributed by atoms with van der Waals surface area (Å²) in [5, 5.41) is 6.39. The Labute approximate surface area is 140 Å². The second kappa shape index (κ2) is 7.24. The lowest BCUT2D eigenvalue weighted by molar-refractivity contribution is -0.130. The second-order valence-corrected chi connectivity index (χ2v) is 6.33. The van der Waals surface area contributed by atoms with Gasteiger partial charge in [0.2, 0.25) is 5.91 Å². The first kappa shape index (κ1) is 15.5. The Morgan fingerprint density at radius 3 is 2.74 bits per heavy atom. The maximum absolute atomic E-state index is 12.5. The molecule has 0 atom stereocenters. The number of carbonyl (C=O) groups is 1. The van der Waals surface area contributed by atoms with Gasteiger partial charge in [0, 0.05) is 17.6 Å². The summed E-state index contributed by atoms with van der Waals surface area (Å²) in [4.78, 5) is 15.6. The molecule has 3 rings (SSSR count). The van der Waals surface area contributed by atoms with Crippen molar-refractivity contribution in [2.24, 2.45) is 0 Å². The number of benzene rings is 1. The summed E-state index contributed by atoms with van der Waals surface area (Å²) in [5.74, 6) is 0.133. The molecule has 0 bridgehead atoms. The molecular formula is C18H19N3OS. The van der Waals surface area contributed by atoms with Gasteiger partial charge < -0.3 is 4.90 Å². The lowest BCUT2D eigenvalue weighted by Crippen LogP contribution is -2.31. The summed E-state index contributed by atoms with van der Waals surface area (Å²) in [5.41, 5.74) is 1.93. The molecule has 0 unspecified atom stereocenters. The van der Waals surface area contributed by atoms with E-state index >= 15 is 0 Å². The minimum absolute atomic E-state index is 0.133. The first-order chi connectivity index (χ1) is 11.3. The number of amides is 1. The monoisotopic (exact) mass is 325 g/mol. The van der Waals surface area contributed by atoms with Crippen molar-refractivity contribution in [2.45, 2.75) is 19.9 Å². The lowest BCUT2D eigenvalue weighted by atomic mass is 10.2. The molecule has 0 aliphatic heterocycles. The van der Waals surface area contributed by atoms with Gasteiger partial charge in [-0.1, -0.05) is 24.3 Å². The molecule has 0 fully saturated rings. The molecule has 118 valence electrons. The Balaban J connectivity index is 1.66. The van der Waals surface area contributed by atoms with E-state index in [9.17, 15) is 4.79 Å². The van der Waals surface area contributed by atoms with Crippen LogP contribution in [0.3, 0.4) is 0 Å². The van der Waals surface area contributed by atoms with Crippen LogP contribution >= 0.6 is 11.3 Å². The highest BCUT2D eigenvalue weighted by molar-refractivity contribution is 7.09. The van der Waals surface area contributed by atoms with E-state index in [1.165, 1.54) is 4.88 Å². The predicted molar refractivity (Wildman–Crippen MR) is 92.7 cm³/mol. The Bertz CT molecular complexity index is 750. The number of carbonyl (C=O) groups excluding carboxylic acids is 1. The van der Waals surface area contributed by atoms with Crippen LogP contribution in [0.4, 0.5) is 0 Å². The highest BCUT2D eigenvalue weighted by Gasteiger charge is 2.14. The van der Waals surface area contributed by atoms with Crippen LogP contribution in [0.5, 0.6) is 0 Å². The molecule has 4 nitrogen and oxygen atoms in total. The number of para-hydroxylation sites is 1. The van der Waals surface area contributed by atoms with E-state index in [1.54, 1.807) is 22.2 Å². The SMILES string of the molecule is CCN(Cc1cccs1)C(=O)Cc1cnn(-c2ccccc2)c1. The van der Waals surface area contributed by atoms with Gasteiger partial charge >= 0.3 is 0 Å². The first-order valence-corrected chi connectivity index (χ1v) is 8.53. The number of hydrogen-bond acceptors (Lipinski definition) is 3. The smallest absolute Gasteiger partial charge is 0.227 e. The second-order valence-electron chi connectivity index (χ2n) is 5.29. The van der Waals surface area contributed by atoms with Crippen LogP contribution in [0, 0.1) is 0 Å². The number of likely N-dealkylation sites (N-methyl/N-ethyl adjacent to an activating group) is 1. The zero-order valence-electron chi connectivity index (χ0n) is 13.1. The summed E-state index contributed by atoms with van der Waals surface area (Å²) in [6.07, 6.45) is 4.07. The molecule has 0 saturated heterocycles. The van der Waals surface area contributed by atoms with Gasteiger partial charge in [-0.3, -0.25) is 4.79 Å². The number of nitrogens with zero attached hydrogens (tertiary/aromatic N) is 3. The van der Waals surface area contributed by atoms with Gasteiger partial charge in [0.25, 0.3) is 0 Å². The molecule has 2 heterocycles. The van der Waals surface area contributed by atoms with Gasteiger partial charge in [0.1, 0.15) is 0 Å². The molecule has 0 saturated carbocycles. The summed E-state index contributed by atoms with van der Waals surface area (Å²) >= 11 is 1.68. The fraction of sp³-hybridized carbons (Fsp3) is 0.222. The van der Waals surface area contributed by atoms with Crippen molar-refractivity contribution in [2.75, 3.05) is 6.54 Å². The lowest BCUT2D eigenvalue weighted by Gasteiger charge is -2.19. The summed E-state index contributed by atoms with van der Waals surface area (Å²) in [7, 11) is 0. The van der Waals surface area contributed by atoms with Crippen molar-refractivity contribution in [3.63, 3.8) is 0 Å². The van der Waals surface area contributed by atoms with Crippen LogP contribution in [0.25, 0.3) is 5.69 Å². The number of hydrogen-bond donors (Lipinski definition) is 0. The van der Waals surface area contributed by atoms with Crippen LogP contribution in [0.1, 0.15) is 17.4 Å². The van der Waals surface area contributed by atoms with E-state index in [-0.39, 0.29) is 5.91 Å². The van der Waals surface area contributed by atoms with Crippen molar-refractivity contribution in [1.82, 2.24) is 14.7 Å². The van der Waals surface area contributed by atoms with Crippen LogP contribution < -0.4 is 0 Å². The first-order valence-electron chi connectivity index (χ1n) is 7.65. The minimum atomic E-state index is 0.133. The molecule has 0 spiro atoms. The minimum Gasteiger partial charge on any atom is -0.338 e. The molecule has 0 aliphatic carbocycles. The highest BCUT2D eigenvalue weighted by Crippen LogP contribution is 2.14. The van der Waals surface area contributed by atoms with Crippen molar-refractivity contribution < 1.29 is 4.79 Å². The third kappa shape index (κ3) is 3.87. The van der Waals surface area contributed by atoms with Gasteiger partial charge in [-0.2, -0.15) is 5.10 Å². The van der Waals surface area contributed by atoms with E-state index in [4.69, 9.17) is 0 Å². The number of aromatic nitrogens is 2. The van der Waals surface area contributed by atoms with E-state index < -0.39 is 0 Å². The molecule has 1 aromatic carbocycles. The fourth-order valence-electron chi connectivity index (χ4n) is 2.43. The van der Waals surface area contributed by atoms with Gasteiger partial charge in [-0.05, 0) is 36.1 Å². The molecule has 0 aliphatic rings. The maximum atomic E-state index is 12.5. The fourth-order valence-corrected chi connectivity index (χ4v) is 3.15. The Kier molecular flexibility index (Phi) is 4.88. The van der Waals surface area contributed by atoms with E-state index in [0.29, 0.717) is 19.5 Å². The maximum Gasteiger partial charge on any atom is 0.227 e. The molecule has 5 heteroatoms. The molecule has 0 N–H and O–H groups in total. The summed E-state index contributed by atoms with van der Waals surface area (Å²) < 4.78 is 1.80. The van der Waals surface area contributed by atoms with Gasteiger partial charge in [0.05, 0.1) is 24.8 Å². The Morgan fingerprint density at radius 1 is 1.22 bits per heavy atom. The van der Waals surface area contributed by atoms with Crippen molar-refractivity contribution in [3.8, 4) is 5.69 Å². The molecule has 23 heavy (non-hydrogen) atoms. The van der Waals surface area contributed by atoms with Gasteiger partial charge in [-0.25, -0.2) is 4.68 Å². The van der Waals surface area contributed by atoms with Crippen LogP contribution in [0.15, 0.2) is 60.2 Å². The molecule has 3 aromatic rings. The summed E-state index contributed by atoms with van der Waals surface area (Å²) in [6.45, 7) is 3.41. The number of thiophene rings is 1. The molecule has 0 radical (unpaired) electrons. The van der Waals surface area contributed by atoms with Gasteiger partial charge in [-0.15, -0.1) is 11.3 Å². The third-order valence-electron chi connectivity index (χ3n) is 3.67. The third-order valence-corrected chi connectivity index (χ3v) is 4.53. The highest BCUT2D eigenvalue weighted by atomic mass is 32.1. The Morgan fingerprint density at radius 2 is 2.04 bits per heavy atom. The Hall–Kier alpha value is -2.40. The normalized spacial score (nSPS) is 10.7.